The first-order chi connectivity index (χ1) is 14.9. The predicted molar refractivity (Wildman–Crippen MR) is 125 cm³/mol. The SMILES string of the molecule is CCNC(=NCc1ccc(N2CCN(C)CC2)nc1)NCC(C)(O)CN1CCOCC1. The summed E-state index contributed by atoms with van der Waals surface area (Å²) in [6, 6.07) is 4.19. The lowest BCUT2D eigenvalue weighted by molar-refractivity contribution is -0.0201. The molecule has 3 rings (SSSR count). The summed E-state index contributed by atoms with van der Waals surface area (Å²) < 4.78 is 5.39. The van der Waals surface area contributed by atoms with Gasteiger partial charge in [0.25, 0.3) is 0 Å². The van der Waals surface area contributed by atoms with E-state index in [9.17, 15) is 5.11 Å². The lowest BCUT2D eigenvalue weighted by atomic mass is 10.1. The monoisotopic (exact) mass is 433 g/mol. The minimum atomic E-state index is -0.848. The third kappa shape index (κ3) is 7.92. The summed E-state index contributed by atoms with van der Waals surface area (Å²) in [5.74, 6) is 1.73. The normalized spacial score (nSPS) is 21.0. The van der Waals surface area contributed by atoms with Crippen LogP contribution in [-0.2, 0) is 11.3 Å². The second-order valence-corrected chi connectivity index (χ2v) is 8.75. The highest BCUT2D eigenvalue weighted by Crippen LogP contribution is 2.14. The van der Waals surface area contributed by atoms with Gasteiger partial charge < -0.3 is 30.3 Å². The Morgan fingerprint density at radius 3 is 2.55 bits per heavy atom. The lowest BCUT2D eigenvalue weighted by Crippen LogP contribution is -2.52. The molecule has 0 bridgehead atoms. The molecule has 0 saturated carbocycles. The average Bonchev–Trinajstić information content (AvgIpc) is 2.77. The molecule has 0 radical (unpaired) electrons. The van der Waals surface area contributed by atoms with Crippen molar-refractivity contribution in [1.29, 1.82) is 0 Å². The van der Waals surface area contributed by atoms with Crippen LogP contribution >= 0.6 is 0 Å². The maximum absolute atomic E-state index is 10.8. The molecule has 0 spiro atoms. The molecule has 1 aromatic rings. The smallest absolute Gasteiger partial charge is 0.191 e. The number of piperazine rings is 1. The van der Waals surface area contributed by atoms with Gasteiger partial charge in [0.05, 0.1) is 25.4 Å². The summed E-state index contributed by atoms with van der Waals surface area (Å²) in [7, 11) is 2.16. The zero-order valence-corrected chi connectivity index (χ0v) is 19.3. The van der Waals surface area contributed by atoms with E-state index < -0.39 is 5.60 Å². The highest BCUT2D eigenvalue weighted by molar-refractivity contribution is 5.79. The van der Waals surface area contributed by atoms with Crippen molar-refractivity contribution in [2.75, 3.05) is 84.1 Å². The fourth-order valence-electron chi connectivity index (χ4n) is 3.82. The summed E-state index contributed by atoms with van der Waals surface area (Å²) in [5.41, 5.74) is 0.217. The number of likely N-dealkylation sites (N-methyl/N-ethyl adjacent to an activating group) is 1. The van der Waals surface area contributed by atoms with Crippen LogP contribution in [0.15, 0.2) is 23.3 Å². The van der Waals surface area contributed by atoms with E-state index in [-0.39, 0.29) is 0 Å². The van der Waals surface area contributed by atoms with Crippen molar-refractivity contribution in [1.82, 2.24) is 25.4 Å². The number of aliphatic imine (C=N–C) groups is 1. The van der Waals surface area contributed by atoms with E-state index in [0.717, 1.165) is 70.4 Å². The fourth-order valence-corrected chi connectivity index (χ4v) is 3.82. The lowest BCUT2D eigenvalue weighted by Gasteiger charge is -2.34. The zero-order valence-electron chi connectivity index (χ0n) is 19.3. The van der Waals surface area contributed by atoms with Crippen molar-refractivity contribution in [3.63, 3.8) is 0 Å². The maximum atomic E-state index is 10.8. The van der Waals surface area contributed by atoms with E-state index in [1.54, 1.807) is 0 Å². The number of ether oxygens (including phenoxy) is 1. The second kappa shape index (κ2) is 11.6. The number of rotatable bonds is 8. The van der Waals surface area contributed by atoms with Gasteiger partial charge in [-0.2, -0.15) is 0 Å². The number of nitrogens with zero attached hydrogens (tertiary/aromatic N) is 5. The van der Waals surface area contributed by atoms with Crippen LogP contribution in [0.5, 0.6) is 0 Å². The molecule has 0 aliphatic carbocycles. The number of β-amino-alcohol motifs (C(OH)–C–C–N with tert-alkyl or cyclic N) is 1. The van der Waals surface area contributed by atoms with Crippen LogP contribution in [0.3, 0.4) is 0 Å². The average molecular weight is 434 g/mol. The summed E-state index contributed by atoms with van der Waals surface area (Å²) in [5, 5.41) is 17.3. The Morgan fingerprint density at radius 2 is 1.90 bits per heavy atom. The van der Waals surface area contributed by atoms with Gasteiger partial charge in [0.2, 0.25) is 0 Å². The van der Waals surface area contributed by atoms with Crippen molar-refractivity contribution in [2.24, 2.45) is 4.99 Å². The first kappa shape index (κ1) is 23.7. The number of aliphatic hydroxyl groups is 1. The number of hydrogen-bond donors (Lipinski definition) is 3. The van der Waals surface area contributed by atoms with Crippen LogP contribution in [0.4, 0.5) is 5.82 Å². The van der Waals surface area contributed by atoms with E-state index in [2.05, 4.69) is 54.5 Å². The van der Waals surface area contributed by atoms with Crippen molar-refractivity contribution < 1.29 is 9.84 Å². The molecule has 2 aliphatic rings. The zero-order chi connectivity index (χ0) is 22.1. The van der Waals surface area contributed by atoms with Crippen LogP contribution in [0.25, 0.3) is 0 Å². The summed E-state index contributed by atoms with van der Waals surface area (Å²) in [6.07, 6.45) is 1.91. The number of hydrogen-bond acceptors (Lipinski definition) is 7. The molecule has 0 amide bonds. The van der Waals surface area contributed by atoms with Crippen LogP contribution in [-0.4, -0.2) is 111 Å². The molecule has 9 nitrogen and oxygen atoms in total. The highest BCUT2D eigenvalue weighted by Gasteiger charge is 2.25. The minimum Gasteiger partial charge on any atom is -0.387 e. The van der Waals surface area contributed by atoms with Crippen LogP contribution in [0, 0.1) is 0 Å². The molecular weight excluding hydrogens is 394 g/mol. The van der Waals surface area contributed by atoms with Crippen LogP contribution in [0.2, 0.25) is 0 Å². The van der Waals surface area contributed by atoms with E-state index >= 15 is 0 Å². The van der Waals surface area contributed by atoms with Crippen molar-refractivity contribution in [2.45, 2.75) is 26.0 Å². The van der Waals surface area contributed by atoms with Crippen molar-refractivity contribution in [3.8, 4) is 0 Å². The maximum Gasteiger partial charge on any atom is 0.191 e. The summed E-state index contributed by atoms with van der Waals surface area (Å²) >= 11 is 0. The van der Waals surface area contributed by atoms with E-state index in [0.29, 0.717) is 25.6 Å². The number of nitrogens with one attached hydrogen (secondary N) is 2. The van der Waals surface area contributed by atoms with E-state index in [1.807, 2.05) is 20.0 Å². The van der Waals surface area contributed by atoms with Gasteiger partial charge in [-0.25, -0.2) is 9.98 Å². The van der Waals surface area contributed by atoms with Gasteiger partial charge in [-0.3, -0.25) is 4.90 Å². The first-order valence-electron chi connectivity index (χ1n) is 11.4. The summed E-state index contributed by atoms with van der Waals surface area (Å²) in [4.78, 5) is 16.2. The van der Waals surface area contributed by atoms with Gasteiger partial charge in [-0.15, -0.1) is 0 Å². The van der Waals surface area contributed by atoms with Crippen LogP contribution in [0.1, 0.15) is 19.4 Å². The van der Waals surface area contributed by atoms with Crippen molar-refractivity contribution in [3.05, 3.63) is 23.9 Å². The Labute approximate surface area is 186 Å². The minimum absolute atomic E-state index is 0.427. The number of guanidine groups is 1. The molecule has 31 heavy (non-hydrogen) atoms. The topological polar surface area (TPSA) is 88.5 Å². The third-order valence-corrected chi connectivity index (χ3v) is 5.70. The highest BCUT2D eigenvalue weighted by atomic mass is 16.5. The molecule has 174 valence electrons. The van der Waals surface area contributed by atoms with Gasteiger partial charge in [0.1, 0.15) is 5.82 Å². The second-order valence-electron chi connectivity index (χ2n) is 8.75. The number of pyridine rings is 1. The molecule has 9 heteroatoms. The molecule has 1 unspecified atom stereocenters. The van der Waals surface area contributed by atoms with Crippen LogP contribution < -0.4 is 15.5 Å². The largest absolute Gasteiger partial charge is 0.387 e. The molecule has 0 aromatic carbocycles. The molecule has 2 saturated heterocycles. The molecule has 3 heterocycles. The molecule has 1 atom stereocenters. The molecule has 1 aromatic heterocycles. The van der Waals surface area contributed by atoms with Gasteiger partial charge in [0.15, 0.2) is 5.96 Å². The van der Waals surface area contributed by atoms with Gasteiger partial charge >= 0.3 is 0 Å². The first-order valence-corrected chi connectivity index (χ1v) is 11.4. The fraction of sp³-hybridized carbons (Fsp3) is 0.727. The number of aromatic nitrogens is 1. The molecule has 2 fully saturated rings. The van der Waals surface area contributed by atoms with Gasteiger partial charge in [-0.05, 0) is 32.5 Å². The number of morpholine rings is 1. The Kier molecular flexibility index (Phi) is 8.89. The number of anilines is 1. The van der Waals surface area contributed by atoms with Gasteiger partial charge in [-0.1, -0.05) is 6.07 Å². The molecular formula is C22H39N7O2. The third-order valence-electron chi connectivity index (χ3n) is 5.70. The Bertz CT molecular complexity index is 682. The quantitative estimate of drug-likeness (QED) is 0.389. The predicted octanol–water partition coefficient (Wildman–Crippen LogP) is -0.0283. The Hall–Kier alpha value is -1.94. The molecule has 3 N–H and O–H groups in total. The van der Waals surface area contributed by atoms with Crippen molar-refractivity contribution >= 4 is 11.8 Å². The molecule has 2 aliphatic heterocycles. The van der Waals surface area contributed by atoms with E-state index in [1.165, 1.54) is 0 Å². The Morgan fingerprint density at radius 1 is 1.16 bits per heavy atom. The standard InChI is InChI=1S/C22H39N7O2/c1-4-23-21(26-17-22(2,30)18-28-11-13-31-14-12-28)25-16-19-5-6-20(24-15-19)29-9-7-27(3)8-10-29/h5-6,15,30H,4,7-14,16-18H2,1-3H3,(H2,23,25,26). The van der Waals surface area contributed by atoms with E-state index in [4.69, 9.17) is 4.74 Å². The Balaban J connectivity index is 1.50. The van der Waals surface area contributed by atoms with Gasteiger partial charge in [0, 0.05) is 65.1 Å². The summed E-state index contributed by atoms with van der Waals surface area (Å²) in [6.45, 7) is 13.6.